The number of rotatable bonds is 9. The van der Waals surface area contributed by atoms with E-state index in [9.17, 15) is 14.4 Å². The Morgan fingerprint density at radius 1 is 1.00 bits per heavy atom. The van der Waals surface area contributed by atoms with Gasteiger partial charge in [0, 0.05) is 24.4 Å². The van der Waals surface area contributed by atoms with Crippen molar-refractivity contribution in [2.24, 2.45) is 0 Å². The van der Waals surface area contributed by atoms with Crippen molar-refractivity contribution in [3.05, 3.63) is 83.4 Å². The molecule has 0 unspecified atom stereocenters. The van der Waals surface area contributed by atoms with Crippen LogP contribution in [-0.4, -0.2) is 45.7 Å². The van der Waals surface area contributed by atoms with Gasteiger partial charge in [-0.1, -0.05) is 55.5 Å². The molecule has 1 aliphatic rings. The first-order chi connectivity index (χ1) is 17.0. The third kappa shape index (κ3) is 5.63. The molecule has 0 fully saturated rings. The van der Waals surface area contributed by atoms with Gasteiger partial charge >= 0.3 is 12.1 Å². The van der Waals surface area contributed by atoms with Crippen LogP contribution in [0.5, 0.6) is 0 Å². The molecule has 9 heteroatoms. The van der Waals surface area contributed by atoms with Crippen LogP contribution in [0.25, 0.3) is 11.1 Å². The average molecular weight is 475 g/mol. The van der Waals surface area contributed by atoms with Gasteiger partial charge in [0.2, 0.25) is 0 Å². The van der Waals surface area contributed by atoms with E-state index in [-0.39, 0.29) is 31.1 Å². The van der Waals surface area contributed by atoms with Crippen LogP contribution in [0.4, 0.5) is 4.79 Å². The van der Waals surface area contributed by atoms with Crippen LogP contribution in [-0.2, 0) is 16.1 Å². The fourth-order valence-corrected chi connectivity index (χ4v) is 4.14. The summed E-state index contributed by atoms with van der Waals surface area (Å²) in [4.78, 5) is 43.7. The molecule has 0 spiro atoms. The lowest BCUT2D eigenvalue weighted by Crippen LogP contribution is -2.36. The third-order valence-electron chi connectivity index (χ3n) is 5.95. The van der Waals surface area contributed by atoms with Gasteiger partial charge in [0.15, 0.2) is 0 Å². The molecule has 9 nitrogen and oxygen atoms in total. The molecule has 35 heavy (non-hydrogen) atoms. The van der Waals surface area contributed by atoms with Crippen LogP contribution in [0.3, 0.4) is 0 Å². The standard InChI is InChI=1S/C26H26N4O5/c1-2-17(11-24(31)32)30-25(33)16-12-27-23(28-13-16)14-29-26(34)35-15-22-20-9-5-3-7-18(20)19-8-4-6-10-21(19)22/h3-10,12-13,17,22H,2,11,14-15H2,1H3,(H,29,34)(H,30,33)(H,31,32)/t17-/m0/s1. The monoisotopic (exact) mass is 474 g/mol. The number of carbonyl (C=O) groups is 3. The van der Waals surface area contributed by atoms with Gasteiger partial charge in [-0.25, -0.2) is 14.8 Å². The summed E-state index contributed by atoms with van der Waals surface area (Å²) in [6, 6.07) is 15.7. The van der Waals surface area contributed by atoms with Crippen molar-refractivity contribution in [1.82, 2.24) is 20.6 Å². The molecule has 0 saturated carbocycles. The highest BCUT2D eigenvalue weighted by atomic mass is 16.5. The molecule has 3 aromatic rings. The minimum absolute atomic E-state index is 0.0322. The average Bonchev–Trinajstić information content (AvgIpc) is 3.19. The Labute approximate surface area is 202 Å². The smallest absolute Gasteiger partial charge is 0.407 e. The zero-order valence-corrected chi connectivity index (χ0v) is 19.2. The zero-order chi connectivity index (χ0) is 24.8. The first-order valence-electron chi connectivity index (χ1n) is 11.4. The maximum absolute atomic E-state index is 12.3. The number of benzene rings is 2. The number of nitrogens with one attached hydrogen (secondary N) is 2. The zero-order valence-electron chi connectivity index (χ0n) is 19.2. The summed E-state index contributed by atoms with van der Waals surface area (Å²) >= 11 is 0. The molecule has 4 rings (SSSR count). The molecule has 180 valence electrons. The van der Waals surface area contributed by atoms with Gasteiger partial charge in [0.05, 0.1) is 18.5 Å². The second-order valence-electron chi connectivity index (χ2n) is 8.24. The quantitative estimate of drug-likeness (QED) is 0.433. The Balaban J connectivity index is 1.29. The van der Waals surface area contributed by atoms with E-state index in [0.717, 1.165) is 22.3 Å². The van der Waals surface area contributed by atoms with Crippen molar-refractivity contribution in [1.29, 1.82) is 0 Å². The minimum atomic E-state index is -0.983. The Hall–Kier alpha value is -4.27. The van der Waals surface area contributed by atoms with E-state index < -0.39 is 24.0 Å². The number of nitrogens with zero attached hydrogens (tertiary/aromatic N) is 2. The summed E-state index contributed by atoms with van der Waals surface area (Å²) in [5.41, 5.74) is 4.78. The first kappa shape index (κ1) is 23.9. The third-order valence-corrected chi connectivity index (χ3v) is 5.95. The summed E-state index contributed by atoms with van der Waals surface area (Å²) < 4.78 is 5.49. The van der Waals surface area contributed by atoms with Crippen molar-refractivity contribution >= 4 is 18.0 Å². The van der Waals surface area contributed by atoms with E-state index in [1.165, 1.54) is 12.4 Å². The van der Waals surface area contributed by atoms with E-state index in [2.05, 4.69) is 44.9 Å². The van der Waals surface area contributed by atoms with Crippen LogP contribution in [0.2, 0.25) is 0 Å². The Bertz CT molecular complexity index is 1180. The molecule has 0 aliphatic heterocycles. The lowest BCUT2D eigenvalue weighted by molar-refractivity contribution is -0.137. The van der Waals surface area contributed by atoms with Crippen molar-refractivity contribution in [3.8, 4) is 11.1 Å². The van der Waals surface area contributed by atoms with Gasteiger partial charge in [-0.15, -0.1) is 0 Å². The van der Waals surface area contributed by atoms with Crippen LogP contribution in [0, 0.1) is 0 Å². The molecule has 1 aromatic heterocycles. The van der Waals surface area contributed by atoms with Gasteiger partial charge in [-0.3, -0.25) is 9.59 Å². The van der Waals surface area contributed by atoms with Gasteiger partial charge in [0.25, 0.3) is 5.91 Å². The van der Waals surface area contributed by atoms with Crippen molar-refractivity contribution in [3.63, 3.8) is 0 Å². The number of amides is 2. The largest absolute Gasteiger partial charge is 0.481 e. The molecule has 0 saturated heterocycles. The Kier molecular flexibility index (Phi) is 7.35. The van der Waals surface area contributed by atoms with Crippen molar-refractivity contribution in [2.45, 2.75) is 38.3 Å². The summed E-state index contributed by atoms with van der Waals surface area (Å²) in [5, 5.41) is 14.2. The lowest BCUT2D eigenvalue weighted by atomic mass is 9.98. The van der Waals surface area contributed by atoms with E-state index in [4.69, 9.17) is 9.84 Å². The highest BCUT2D eigenvalue weighted by molar-refractivity contribution is 5.94. The molecule has 3 N–H and O–H groups in total. The topological polar surface area (TPSA) is 131 Å². The van der Waals surface area contributed by atoms with E-state index in [0.29, 0.717) is 12.2 Å². The number of hydrogen-bond acceptors (Lipinski definition) is 6. The number of alkyl carbamates (subject to hydrolysis) is 1. The molecular weight excluding hydrogens is 448 g/mol. The van der Waals surface area contributed by atoms with Crippen LogP contribution >= 0.6 is 0 Å². The van der Waals surface area contributed by atoms with E-state index >= 15 is 0 Å². The fraction of sp³-hybridized carbons (Fsp3) is 0.269. The molecule has 1 aliphatic carbocycles. The highest BCUT2D eigenvalue weighted by Gasteiger charge is 2.29. The number of carbonyl (C=O) groups excluding carboxylic acids is 2. The van der Waals surface area contributed by atoms with Crippen LogP contribution in [0.15, 0.2) is 60.9 Å². The number of fused-ring (bicyclic) bond motifs is 3. The normalized spacial score (nSPS) is 12.8. The number of carboxylic acid groups (broad SMARTS) is 1. The fourth-order valence-electron chi connectivity index (χ4n) is 4.14. The Morgan fingerprint density at radius 2 is 1.60 bits per heavy atom. The van der Waals surface area contributed by atoms with Gasteiger partial charge in [-0.2, -0.15) is 0 Å². The van der Waals surface area contributed by atoms with Crippen molar-refractivity contribution < 1.29 is 24.2 Å². The molecule has 2 amide bonds. The van der Waals surface area contributed by atoms with E-state index in [1.54, 1.807) is 6.92 Å². The van der Waals surface area contributed by atoms with Gasteiger partial charge < -0.3 is 20.5 Å². The van der Waals surface area contributed by atoms with Gasteiger partial charge in [-0.05, 0) is 28.7 Å². The summed E-state index contributed by atoms with van der Waals surface area (Å²) in [6.45, 7) is 2.03. The number of aromatic nitrogens is 2. The summed E-state index contributed by atoms with van der Waals surface area (Å²) in [7, 11) is 0. The second kappa shape index (κ2) is 10.8. The van der Waals surface area contributed by atoms with E-state index in [1.807, 2.05) is 24.3 Å². The minimum Gasteiger partial charge on any atom is -0.481 e. The summed E-state index contributed by atoms with van der Waals surface area (Å²) in [6.07, 6.45) is 2.42. The molecular formula is C26H26N4O5. The maximum atomic E-state index is 12.3. The highest BCUT2D eigenvalue weighted by Crippen LogP contribution is 2.44. The lowest BCUT2D eigenvalue weighted by Gasteiger charge is -2.15. The number of hydrogen-bond donors (Lipinski definition) is 3. The Morgan fingerprint density at radius 3 is 2.17 bits per heavy atom. The number of ether oxygens (including phenoxy) is 1. The predicted molar refractivity (Wildman–Crippen MR) is 128 cm³/mol. The maximum Gasteiger partial charge on any atom is 0.407 e. The molecule has 2 aromatic carbocycles. The predicted octanol–water partition coefficient (Wildman–Crippen LogP) is 3.50. The molecule has 1 heterocycles. The first-order valence-corrected chi connectivity index (χ1v) is 11.4. The van der Waals surface area contributed by atoms with Crippen LogP contribution < -0.4 is 10.6 Å². The van der Waals surface area contributed by atoms with Gasteiger partial charge in [0.1, 0.15) is 12.4 Å². The molecule has 1 atom stereocenters. The number of aliphatic carboxylic acids is 1. The summed E-state index contributed by atoms with van der Waals surface area (Å²) in [5.74, 6) is -1.15. The van der Waals surface area contributed by atoms with Crippen molar-refractivity contribution in [2.75, 3.05) is 6.61 Å². The molecule has 0 radical (unpaired) electrons. The number of carboxylic acids is 1. The molecule has 0 bridgehead atoms. The van der Waals surface area contributed by atoms with Crippen LogP contribution in [0.1, 0.15) is 53.0 Å². The second-order valence-corrected chi connectivity index (χ2v) is 8.24. The SMILES string of the molecule is CC[C@@H](CC(=O)O)NC(=O)c1cnc(CNC(=O)OCC2c3ccccc3-c3ccccc32)nc1.